The molecule has 0 atom stereocenters. The van der Waals surface area contributed by atoms with Crippen LogP contribution in [-0.2, 0) is 6.42 Å². The zero-order valence-corrected chi connectivity index (χ0v) is 11.6. The normalized spacial score (nSPS) is 11.7. The standard InChI is InChI=1S/C13H22N4O/c1-5-7-8-11-10(4)14-13(15-12(11)18)17-16-9(3)6-2/h5-8H2,1-4H3,(H2,14,15,17,18)/b16-9+. The van der Waals surface area contributed by atoms with E-state index in [0.717, 1.165) is 42.7 Å². The maximum Gasteiger partial charge on any atom is 0.255 e. The molecule has 1 aromatic rings. The molecule has 0 aliphatic heterocycles. The van der Waals surface area contributed by atoms with Crippen molar-refractivity contribution in [3.05, 3.63) is 21.6 Å². The van der Waals surface area contributed by atoms with Crippen LogP contribution in [0.25, 0.3) is 0 Å². The fourth-order valence-corrected chi connectivity index (χ4v) is 1.54. The Morgan fingerprint density at radius 1 is 1.44 bits per heavy atom. The predicted molar refractivity (Wildman–Crippen MR) is 75.2 cm³/mol. The van der Waals surface area contributed by atoms with Gasteiger partial charge in [-0.15, -0.1) is 0 Å². The van der Waals surface area contributed by atoms with E-state index in [-0.39, 0.29) is 5.56 Å². The molecule has 0 bridgehead atoms. The minimum Gasteiger partial charge on any atom is -0.291 e. The Morgan fingerprint density at radius 3 is 2.72 bits per heavy atom. The molecule has 0 saturated carbocycles. The average molecular weight is 250 g/mol. The highest BCUT2D eigenvalue weighted by molar-refractivity contribution is 5.82. The van der Waals surface area contributed by atoms with E-state index in [4.69, 9.17) is 0 Å². The van der Waals surface area contributed by atoms with Crippen molar-refractivity contribution >= 4 is 11.7 Å². The smallest absolute Gasteiger partial charge is 0.255 e. The van der Waals surface area contributed by atoms with E-state index in [2.05, 4.69) is 27.4 Å². The van der Waals surface area contributed by atoms with Crippen molar-refractivity contribution in [2.45, 2.75) is 53.4 Å². The van der Waals surface area contributed by atoms with Gasteiger partial charge in [0.05, 0.1) is 0 Å². The molecule has 0 aromatic carbocycles. The number of anilines is 1. The van der Waals surface area contributed by atoms with Crippen molar-refractivity contribution in [2.75, 3.05) is 5.43 Å². The molecule has 1 heterocycles. The summed E-state index contributed by atoms with van der Waals surface area (Å²) in [6, 6.07) is 0. The van der Waals surface area contributed by atoms with Crippen LogP contribution in [0, 0.1) is 6.92 Å². The maximum absolute atomic E-state index is 11.9. The van der Waals surface area contributed by atoms with E-state index >= 15 is 0 Å². The Labute approximate surface area is 108 Å². The van der Waals surface area contributed by atoms with E-state index in [1.807, 2.05) is 20.8 Å². The van der Waals surface area contributed by atoms with Crippen LogP contribution in [0.2, 0.25) is 0 Å². The molecule has 2 N–H and O–H groups in total. The number of unbranched alkanes of at least 4 members (excludes halogenated alkanes) is 1. The summed E-state index contributed by atoms with van der Waals surface area (Å²) in [6.07, 6.45) is 3.72. The SMILES string of the molecule is CCCCc1c(C)nc(N/N=C(\C)CC)[nH]c1=O. The number of H-pyrrole nitrogens is 1. The zero-order valence-electron chi connectivity index (χ0n) is 11.6. The number of aryl methyl sites for hydroxylation is 1. The van der Waals surface area contributed by atoms with Gasteiger partial charge in [0, 0.05) is 17.0 Å². The fourth-order valence-electron chi connectivity index (χ4n) is 1.54. The molecule has 5 heteroatoms. The summed E-state index contributed by atoms with van der Waals surface area (Å²) in [5.74, 6) is 0.408. The van der Waals surface area contributed by atoms with Gasteiger partial charge < -0.3 is 0 Å². The van der Waals surface area contributed by atoms with Gasteiger partial charge in [-0.25, -0.2) is 10.4 Å². The fraction of sp³-hybridized carbons (Fsp3) is 0.615. The number of hydrogen-bond acceptors (Lipinski definition) is 4. The summed E-state index contributed by atoms with van der Waals surface area (Å²) in [4.78, 5) is 18.9. The van der Waals surface area contributed by atoms with Gasteiger partial charge in [-0.3, -0.25) is 9.78 Å². The van der Waals surface area contributed by atoms with Crippen LogP contribution in [0.15, 0.2) is 9.90 Å². The number of nitrogens with one attached hydrogen (secondary N) is 2. The molecule has 0 unspecified atom stereocenters. The third kappa shape index (κ3) is 3.98. The Hall–Kier alpha value is -1.65. The van der Waals surface area contributed by atoms with E-state index in [9.17, 15) is 4.79 Å². The Morgan fingerprint density at radius 2 is 2.17 bits per heavy atom. The van der Waals surface area contributed by atoms with Crippen LogP contribution < -0.4 is 11.0 Å². The third-order valence-electron chi connectivity index (χ3n) is 2.87. The van der Waals surface area contributed by atoms with Crippen LogP contribution in [0.1, 0.15) is 51.3 Å². The first-order valence-corrected chi connectivity index (χ1v) is 6.47. The molecule has 0 radical (unpaired) electrons. The molecule has 100 valence electrons. The van der Waals surface area contributed by atoms with Gasteiger partial charge >= 0.3 is 0 Å². The van der Waals surface area contributed by atoms with E-state index < -0.39 is 0 Å². The lowest BCUT2D eigenvalue weighted by atomic mass is 10.1. The summed E-state index contributed by atoms with van der Waals surface area (Å²) in [6.45, 7) is 7.92. The van der Waals surface area contributed by atoms with Gasteiger partial charge in [-0.05, 0) is 33.1 Å². The second-order valence-corrected chi connectivity index (χ2v) is 4.39. The van der Waals surface area contributed by atoms with Crippen molar-refractivity contribution in [1.82, 2.24) is 9.97 Å². The molecule has 18 heavy (non-hydrogen) atoms. The minimum atomic E-state index is -0.0669. The molecule has 0 aliphatic carbocycles. The second kappa shape index (κ2) is 6.93. The van der Waals surface area contributed by atoms with Gasteiger partial charge in [-0.2, -0.15) is 5.10 Å². The second-order valence-electron chi connectivity index (χ2n) is 4.39. The van der Waals surface area contributed by atoms with Crippen LogP contribution in [-0.4, -0.2) is 15.7 Å². The lowest BCUT2D eigenvalue weighted by Crippen LogP contribution is -2.18. The van der Waals surface area contributed by atoms with Crippen molar-refractivity contribution < 1.29 is 0 Å². The first-order valence-electron chi connectivity index (χ1n) is 6.47. The third-order valence-corrected chi connectivity index (χ3v) is 2.87. The zero-order chi connectivity index (χ0) is 13.5. The largest absolute Gasteiger partial charge is 0.291 e. The van der Waals surface area contributed by atoms with E-state index in [0.29, 0.717) is 5.95 Å². The highest BCUT2D eigenvalue weighted by Gasteiger charge is 2.07. The maximum atomic E-state index is 11.9. The summed E-state index contributed by atoms with van der Waals surface area (Å²) in [7, 11) is 0. The van der Waals surface area contributed by atoms with Crippen molar-refractivity contribution in [2.24, 2.45) is 5.10 Å². The quantitative estimate of drug-likeness (QED) is 0.602. The van der Waals surface area contributed by atoms with Gasteiger partial charge in [0.15, 0.2) is 0 Å². The van der Waals surface area contributed by atoms with Crippen LogP contribution >= 0.6 is 0 Å². The highest BCUT2D eigenvalue weighted by Crippen LogP contribution is 2.06. The van der Waals surface area contributed by atoms with Crippen molar-refractivity contribution in [3.63, 3.8) is 0 Å². The Kier molecular flexibility index (Phi) is 5.55. The molecule has 0 spiro atoms. The summed E-state index contributed by atoms with van der Waals surface area (Å²) in [5.41, 5.74) is 5.23. The lowest BCUT2D eigenvalue weighted by molar-refractivity contribution is 0.774. The lowest BCUT2D eigenvalue weighted by Gasteiger charge is -2.06. The first-order chi connectivity index (χ1) is 8.58. The summed E-state index contributed by atoms with van der Waals surface area (Å²) < 4.78 is 0. The van der Waals surface area contributed by atoms with Gasteiger partial charge in [0.2, 0.25) is 5.95 Å². The van der Waals surface area contributed by atoms with Gasteiger partial charge in [-0.1, -0.05) is 20.3 Å². The molecular formula is C13H22N4O. The van der Waals surface area contributed by atoms with E-state index in [1.165, 1.54) is 0 Å². The number of hydrogen-bond donors (Lipinski definition) is 2. The molecular weight excluding hydrogens is 228 g/mol. The first kappa shape index (κ1) is 14.4. The molecule has 1 rings (SSSR count). The topological polar surface area (TPSA) is 70.1 Å². The molecule has 0 fully saturated rings. The summed E-state index contributed by atoms with van der Waals surface area (Å²) >= 11 is 0. The predicted octanol–water partition coefficient (Wildman–Crippen LogP) is 2.62. The average Bonchev–Trinajstić information content (AvgIpc) is 2.35. The number of aromatic nitrogens is 2. The summed E-state index contributed by atoms with van der Waals surface area (Å²) in [5, 5.41) is 4.12. The van der Waals surface area contributed by atoms with Crippen LogP contribution in [0.3, 0.4) is 0 Å². The number of nitrogens with zero attached hydrogens (tertiary/aromatic N) is 2. The molecule has 0 amide bonds. The number of hydrazone groups is 1. The monoisotopic (exact) mass is 250 g/mol. The highest BCUT2D eigenvalue weighted by atomic mass is 16.1. The molecule has 0 aliphatic rings. The van der Waals surface area contributed by atoms with Crippen LogP contribution in [0.4, 0.5) is 5.95 Å². The number of rotatable bonds is 6. The molecule has 1 aromatic heterocycles. The Bertz CT molecular complexity index is 476. The molecule has 5 nitrogen and oxygen atoms in total. The van der Waals surface area contributed by atoms with Crippen molar-refractivity contribution in [1.29, 1.82) is 0 Å². The van der Waals surface area contributed by atoms with Crippen molar-refractivity contribution in [3.8, 4) is 0 Å². The number of aromatic amines is 1. The van der Waals surface area contributed by atoms with Gasteiger partial charge in [0.25, 0.3) is 5.56 Å². The minimum absolute atomic E-state index is 0.0669. The Balaban J connectivity index is 2.89. The van der Waals surface area contributed by atoms with Crippen LogP contribution in [0.5, 0.6) is 0 Å². The van der Waals surface area contributed by atoms with E-state index in [1.54, 1.807) is 0 Å². The van der Waals surface area contributed by atoms with Gasteiger partial charge in [0.1, 0.15) is 0 Å². The molecule has 0 saturated heterocycles.